The van der Waals surface area contributed by atoms with Crippen LogP contribution in [0.3, 0.4) is 0 Å². The molecule has 0 aromatic heterocycles. The lowest BCUT2D eigenvalue weighted by Gasteiger charge is -2.12. The molecule has 1 unspecified atom stereocenters. The summed E-state index contributed by atoms with van der Waals surface area (Å²) >= 11 is 0. The SMILES string of the molecule is Cc1ccc2c(c1)CC(c1ccc(F)c(C)c1)N2. The molecule has 1 nitrogen and oxygen atoms in total. The highest BCUT2D eigenvalue weighted by molar-refractivity contribution is 5.59. The molecule has 0 amide bonds. The predicted octanol–water partition coefficient (Wildman–Crippen LogP) is 4.15. The highest BCUT2D eigenvalue weighted by Gasteiger charge is 2.22. The Morgan fingerprint density at radius 2 is 1.94 bits per heavy atom. The standard InChI is InChI=1S/C16H16FN/c1-10-3-6-15-13(7-10)9-16(18-15)12-4-5-14(17)11(2)8-12/h3-8,16,18H,9H2,1-2H3. The van der Waals surface area contributed by atoms with E-state index in [4.69, 9.17) is 0 Å². The van der Waals surface area contributed by atoms with Gasteiger partial charge in [0.05, 0.1) is 6.04 Å². The molecule has 0 bridgehead atoms. The van der Waals surface area contributed by atoms with Gasteiger partial charge in [-0.25, -0.2) is 4.39 Å². The molecule has 92 valence electrons. The molecule has 1 N–H and O–H groups in total. The van der Waals surface area contributed by atoms with Crippen molar-refractivity contribution in [2.45, 2.75) is 26.3 Å². The van der Waals surface area contributed by atoms with E-state index in [1.807, 2.05) is 19.1 Å². The number of anilines is 1. The fourth-order valence-electron chi connectivity index (χ4n) is 2.58. The van der Waals surface area contributed by atoms with Gasteiger partial charge < -0.3 is 5.32 Å². The van der Waals surface area contributed by atoms with Gasteiger partial charge in [-0.2, -0.15) is 0 Å². The summed E-state index contributed by atoms with van der Waals surface area (Å²) in [6, 6.07) is 12.1. The first-order valence-electron chi connectivity index (χ1n) is 6.25. The average molecular weight is 241 g/mol. The lowest BCUT2D eigenvalue weighted by molar-refractivity contribution is 0.616. The molecule has 2 aromatic rings. The minimum Gasteiger partial charge on any atom is -0.378 e. The maximum absolute atomic E-state index is 13.3. The van der Waals surface area contributed by atoms with E-state index >= 15 is 0 Å². The van der Waals surface area contributed by atoms with E-state index < -0.39 is 0 Å². The van der Waals surface area contributed by atoms with Crippen LogP contribution in [0.15, 0.2) is 36.4 Å². The van der Waals surface area contributed by atoms with Crippen LogP contribution in [0, 0.1) is 19.7 Å². The minimum atomic E-state index is -0.134. The highest BCUT2D eigenvalue weighted by atomic mass is 19.1. The van der Waals surface area contributed by atoms with Crippen molar-refractivity contribution < 1.29 is 4.39 Å². The van der Waals surface area contributed by atoms with Gasteiger partial charge in [0, 0.05) is 5.69 Å². The number of nitrogens with one attached hydrogen (secondary N) is 1. The van der Waals surface area contributed by atoms with E-state index in [1.165, 1.54) is 16.8 Å². The van der Waals surface area contributed by atoms with Gasteiger partial charge >= 0.3 is 0 Å². The molecular formula is C16H16FN. The van der Waals surface area contributed by atoms with Gasteiger partial charge in [-0.1, -0.05) is 29.8 Å². The van der Waals surface area contributed by atoms with Crippen LogP contribution < -0.4 is 5.32 Å². The van der Waals surface area contributed by atoms with Gasteiger partial charge in [0.1, 0.15) is 5.82 Å². The van der Waals surface area contributed by atoms with Crippen LogP contribution in [0.4, 0.5) is 10.1 Å². The Labute approximate surface area is 107 Å². The third-order valence-corrected chi connectivity index (χ3v) is 3.60. The summed E-state index contributed by atoms with van der Waals surface area (Å²) in [6.45, 7) is 3.92. The molecule has 1 aliphatic rings. The van der Waals surface area contributed by atoms with E-state index in [0.29, 0.717) is 5.56 Å². The fourth-order valence-corrected chi connectivity index (χ4v) is 2.58. The highest BCUT2D eigenvalue weighted by Crippen LogP contribution is 2.34. The summed E-state index contributed by atoms with van der Waals surface area (Å²) in [5.74, 6) is -0.134. The Morgan fingerprint density at radius 1 is 1.11 bits per heavy atom. The first-order chi connectivity index (χ1) is 8.63. The van der Waals surface area contributed by atoms with Crippen molar-refractivity contribution in [1.29, 1.82) is 0 Å². The van der Waals surface area contributed by atoms with Crippen LogP contribution in [0.25, 0.3) is 0 Å². The van der Waals surface area contributed by atoms with Gasteiger partial charge in [-0.3, -0.25) is 0 Å². The zero-order valence-corrected chi connectivity index (χ0v) is 10.6. The molecule has 1 atom stereocenters. The molecule has 0 saturated heterocycles. The molecule has 0 radical (unpaired) electrons. The predicted molar refractivity (Wildman–Crippen MR) is 72.4 cm³/mol. The van der Waals surface area contributed by atoms with Gasteiger partial charge in [-0.05, 0) is 49.1 Å². The Balaban J connectivity index is 1.91. The van der Waals surface area contributed by atoms with E-state index in [-0.39, 0.29) is 11.9 Å². The average Bonchev–Trinajstić information content (AvgIpc) is 2.75. The van der Waals surface area contributed by atoms with Crippen molar-refractivity contribution in [3.05, 3.63) is 64.5 Å². The molecule has 18 heavy (non-hydrogen) atoms. The molecule has 3 rings (SSSR count). The molecule has 0 saturated carbocycles. The zero-order valence-electron chi connectivity index (χ0n) is 10.6. The number of benzene rings is 2. The van der Waals surface area contributed by atoms with Gasteiger partial charge in [0.2, 0.25) is 0 Å². The Hall–Kier alpha value is -1.83. The number of hydrogen-bond donors (Lipinski definition) is 1. The maximum Gasteiger partial charge on any atom is 0.126 e. The second-order valence-electron chi connectivity index (χ2n) is 5.07. The van der Waals surface area contributed by atoms with Crippen molar-refractivity contribution in [1.82, 2.24) is 0 Å². The van der Waals surface area contributed by atoms with Crippen LogP contribution in [-0.2, 0) is 6.42 Å². The Morgan fingerprint density at radius 3 is 2.72 bits per heavy atom. The van der Waals surface area contributed by atoms with Crippen molar-refractivity contribution in [2.24, 2.45) is 0 Å². The van der Waals surface area contributed by atoms with E-state index in [1.54, 1.807) is 6.07 Å². The van der Waals surface area contributed by atoms with Crippen LogP contribution in [0.5, 0.6) is 0 Å². The fraction of sp³-hybridized carbons (Fsp3) is 0.250. The number of rotatable bonds is 1. The molecule has 2 heteroatoms. The molecule has 0 spiro atoms. The molecule has 1 aliphatic heterocycles. The second kappa shape index (κ2) is 4.13. The first kappa shape index (κ1) is 11.3. The lowest BCUT2D eigenvalue weighted by Crippen LogP contribution is -2.06. The zero-order chi connectivity index (χ0) is 12.7. The Kier molecular flexibility index (Phi) is 2.58. The van der Waals surface area contributed by atoms with Crippen LogP contribution in [0.2, 0.25) is 0 Å². The summed E-state index contributed by atoms with van der Waals surface area (Å²) in [5, 5.41) is 3.50. The molecule has 0 aliphatic carbocycles. The summed E-state index contributed by atoms with van der Waals surface area (Å²) < 4.78 is 13.3. The quantitative estimate of drug-likeness (QED) is 0.790. The minimum absolute atomic E-state index is 0.134. The van der Waals surface area contributed by atoms with E-state index in [2.05, 4.69) is 30.4 Å². The number of fused-ring (bicyclic) bond motifs is 1. The van der Waals surface area contributed by atoms with Crippen LogP contribution >= 0.6 is 0 Å². The first-order valence-corrected chi connectivity index (χ1v) is 6.25. The normalized spacial score (nSPS) is 17.4. The van der Waals surface area contributed by atoms with Crippen molar-refractivity contribution in [3.63, 3.8) is 0 Å². The molecule has 2 aromatic carbocycles. The van der Waals surface area contributed by atoms with Crippen LogP contribution in [-0.4, -0.2) is 0 Å². The summed E-state index contributed by atoms with van der Waals surface area (Å²) in [6.07, 6.45) is 0.974. The third-order valence-electron chi connectivity index (χ3n) is 3.60. The van der Waals surface area contributed by atoms with Gasteiger partial charge in [-0.15, -0.1) is 0 Å². The topological polar surface area (TPSA) is 12.0 Å². The molecular weight excluding hydrogens is 225 g/mol. The molecule has 1 heterocycles. The summed E-state index contributed by atoms with van der Waals surface area (Å²) in [4.78, 5) is 0. The monoisotopic (exact) mass is 241 g/mol. The number of aryl methyl sites for hydroxylation is 2. The lowest BCUT2D eigenvalue weighted by atomic mass is 10.0. The van der Waals surface area contributed by atoms with E-state index in [0.717, 1.165) is 12.0 Å². The van der Waals surface area contributed by atoms with Crippen molar-refractivity contribution in [3.8, 4) is 0 Å². The maximum atomic E-state index is 13.3. The number of halogens is 1. The Bertz CT molecular complexity index is 604. The third kappa shape index (κ3) is 1.88. The summed E-state index contributed by atoms with van der Waals surface area (Å²) in [7, 11) is 0. The van der Waals surface area contributed by atoms with Crippen molar-refractivity contribution >= 4 is 5.69 Å². The van der Waals surface area contributed by atoms with Crippen LogP contribution in [0.1, 0.15) is 28.3 Å². The summed E-state index contributed by atoms with van der Waals surface area (Å²) in [5.41, 5.74) is 5.70. The second-order valence-corrected chi connectivity index (χ2v) is 5.07. The number of hydrogen-bond acceptors (Lipinski definition) is 1. The van der Waals surface area contributed by atoms with Crippen molar-refractivity contribution in [2.75, 3.05) is 5.32 Å². The largest absolute Gasteiger partial charge is 0.378 e. The smallest absolute Gasteiger partial charge is 0.126 e. The van der Waals surface area contributed by atoms with E-state index in [9.17, 15) is 4.39 Å². The van der Waals surface area contributed by atoms with Gasteiger partial charge in [0.25, 0.3) is 0 Å². The molecule has 0 fully saturated rings. The van der Waals surface area contributed by atoms with Gasteiger partial charge in [0.15, 0.2) is 0 Å².